The highest BCUT2D eigenvalue weighted by molar-refractivity contribution is 5.78. The van der Waals surface area contributed by atoms with Crippen LogP contribution in [-0.2, 0) is 16.1 Å². The lowest BCUT2D eigenvalue weighted by atomic mass is 9.91. The first-order chi connectivity index (χ1) is 12.1. The quantitative estimate of drug-likeness (QED) is 0.865. The topological polar surface area (TPSA) is 71.1 Å². The van der Waals surface area contributed by atoms with Gasteiger partial charge in [-0.1, -0.05) is 18.2 Å². The molecule has 1 spiro atoms. The summed E-state index contributed by atoms with van der Waals surface area (Å²) >= 11 is 0. The van der Waals surface area contributed by atoms with Crippen LogP contribution >= 0.6 is 0 Å². The molecule has 3 aliphatic heterocycles. The maximum Gasteiger partial charge on any atom is 0.407 e. The number of piperidine rings is 1. The second kappa shape index (κ2) is 6.55. The van der Waals surface area contributed by atoms with Crippen LogP contribution in [0.5, 0.6) is 5.75 Å². The Morgan fingerprint density at radius 3 is 2.76 bits per heavy atom. The van der Waals surface area contributed by atoms with Crippen molar-refractivity contribution in [1.29, 1.82) is 0 Å². The predicted molar refractivity (Wildman–Crippen MR) is 90.2 cm³/mol. The van der Waals surface area contributed by atoms with E-state index in [2.05, 4.69) is 10.2 Å². The molecule has 4 rings (SSSR count). The van der Waals surface area contributed by atoms with E-state index in [0.29, 0.717) is 45.6 Å². The number of ether oxygens (including phenoxy) is 2. The third kappa shape index (κ3) is 3.42. The monoisotopic (exact) mass is 345 g/mol. The molecule has 0 unspecified atom stereocenters. The van der Waals surface area contributed by atoms with Gasteiger partial charge in [0.1, 0.15) is 18.0 Å². The maximum atomic E-state index is 12.7. The number of nitrogens with zero attached hydrogens (tertiary/aromatic N) is 2. The first-order valence-electron chi connectivity index (χ1n) is 8.81. The van der Waals surface area contributed by atoms with Crippen molar-refractivity contribution < 1.29 is 19.1 Å². The van der Waals surface area contributed by atoms with Crippen LogP contribution in [0.25, 0.3) is 0 Å². The molecule has 0 bridgehead atoms. The van der Waals surface area contributed by atoms with E-state index in [1.54, 1.807) is 0 Å². The average Bonchev–Trinajstić information content (AvgIpc) is 2.85. The van der Waals surface area contributed by atoms with Crippen LogP contribution in [0.2, 0.25) is 0 Å². The molecule has 134 valence electrons. The maximum absolute atomic E-state index is 12.7. The van der Waals surface area contributed by atoms with Gasteiger partial charge in [-0.15, -0.1) is 0 Å². The summed E-state index contributed by atoms with van der Waals surface area (Å²) < 4.78 is 11.2. The molecule has 1 aromatic carbocycles. The van der Waals surface area contributed by atoms with Crippen LogP contribution in [0, 0.1) is 0 Å². The zero-order chi connectivity index (χ0) is 17.3. The first kappa shape index (κ1) is 16.2. The van der Waals surface area contributed by atoms with Crippen LogP contribution in [0.4, 0.5) is 4.79 Å². The average molecular weight is 345 g/mol. The minimum atomic E-state index is -0.413. The molecular weight excluding hydrogens is 322 g/mol. The summed E-state index contributed by atoms with van der Waals surface area (Å²) in [6.07, 6.45) is 1.05. The van der Waals surface area contributed by atoms with Crippen LogP contribution < -0.4 is 10.1 Å². The fourth-order valence-electron chi connectivity index (χ4n) is 3.75. The lowest BCUT2D eigenvalue weighted by molar-refractivity contribution is -0.135. The number of benzene rings is 1. The largest absolute Gasteiger partial charge is 0.492 e. The summed E-state index contributed by atoms with van der Waals surface area (Å²) in [5, 5.41) is 2.72. The molecule has 2 saturated heterocycles. The lowest BCUT2D eigenvalue weighted by Gasteiger charge is -2.37. The van der Waals surface area contributed by atoms with Gasteiger partial charge in [-0.25, -0.2) is 4.79 Å². The highest BCUT2D eigenvalue weighted by Crippen LogP contribution is 2.29. The third-order valence-corrected chi connectivity index (χ3v) is 5.28. The molecule has 3 heterocycles. The minimum Gasteiger partial charge on any atom is -0.492 e. The second-order valence-corrected chi connectivity index (χ2v) is 6.97. The lowest BCUT2D eigenvalue weighted by Crippen LogP contribution is -2.50. The number of fused-ring (bicyclic) bond motifs is 1. The van der Waals surface area contributed by atoms with Crippen molar-refractivity contribution in [2.24, 2.45) is 0 Å². The van der Waals surface area contributed by atoms with Crippen LogP contribution in [0.1, 0.15) is 18.4 Å². The molecule has 1 aromatic rings. The molecule has 7 nitrogen and oxygen atoms in total. The molecular formula is C18H23N3O4. The zero-order valence-corrected chi connectivity index (χ0v) is 14.2. The van der Waals surface area contributed by atoms with E-state index in [1.165, 1.54) is 0 Å². The summed E-state index contributed by atoms with van der Waals surface area (Å²) in [6, 6.07) is 7.98. The highest BCUT2D eigenvalue weighted by Gasteiger charge is 2.43. The van der Waals surface area contributed by atoms with E-state index >= 15 is 0 Å². The summed E-state index contributed by atoms with van der Waals surface area (Å²) in [7, 11) is 0. The van der Waals surface area contributed by atoms with E-state index in [-0.39, 0.29) is 12.0 Å². The summed E-state index contributed by atoms with van der Waals surface area (Å²) in [5.74, 6) is 1.04. The van der Waals surface area contributed by atoms with E-state index in [0.717, 1.165) is 24.4 Å². The molecule has 2 fully saturated rings. The Morgan fingerprint density at radius 2 is 2.00 bits per heavy atom. The number of amides is 2. The molecule has 1 N–H and O–H groups in total. The number of alkyl carbamates (subject to hydrolysis) is 1. The van der Waals surface area contributed by atoms with Crippen LogP contribution in [0.3, 0.4) is 0 Å². The van der Waals surface area contributed by atoms with E-state index < -0.39 is 5.60 Å². The molecule has 0 radical (unpaired) electrons. The fraction of sp³-hybridized carbons (Fsp3) is 0.556. The predicted octanol–water partition coefficient (Wildman–Crippen LogP) is 0.982. The molecule has 2 amide bonds. The Labute approximate surface area is 146 Å². The van der Waals surface area contributed by atoms with Crippen molar-refractivity contribution in [3.63, 3.8) is 0 Å². The molecule has 0 aromatic heterocycles. The first-order valence-corrected chi connectivity index (χ1v) is 8.81. The zero-order valence-electron chi connectivity index (χ0n) is 14.2. The minimum absolute atomic E-state index is 0.131. The van der Waals surface area contributed by atoms with Gasteiger partial charge in [0.15, 0.2) is 0 Å². The van der Waals surface area contributed by atoms with Gasteiger partial charge in [0.2, 0.25) is 5.91 Å². The fourth-order valence-corrected chi connectivity index (χ4v) is 3.75. The van der Waals surface area contributed by atoms with Crippen molar-refractivity contribution in [1.82, 2.24) is 15.1 Å². The molecule has 7 heteroatoms. The molecule has 0 aliphatic carbocycles. The number of carbonyl (C=O) groups excluding carboxylic acids is 2. The summed E-state index contributed by atoms with van der Waals surface area (Å²) in [4.78, 5) is 28.0. The SMILES string of the molecule is O=C1NCC2(CCN(C(=O)CN3CCOc4ccccc4C3)CC2)O1. The van der Waals surface area contributed by atoms with Gasteiger partial charge >= 0.3 is 6.09 Å². The van der Waals surface area contributed by atoms with E-state index in [1.807, 2.05) is 29.2 Å². The van der Waals surface area contributed by atoms with Crippen molar-refractivity contribution >= 4 is 12.0 Å². The van der Waals surface area contributed by atoms with Gasteiger partial charge in [-0.05, 0) is 6.07 Å². The summed E-state index contributed by atoms with van der Waals surface area (Å²) in [6.45, 7) is 4.26. The van der Waals surface area contributed by atoms with E-state index in [9.17, 15) is 9.59 Å². The Balaban J connectivity index is 1.33. The van der Waals surface area contributed by atoms with Gasteiger partial charge < -0.3 is 19.7 Å². The van der Waals surface area contributed by atoms with Crippen molar-refractivity contribution in [2.75, 3.05) is 39.3 Å². The normalized spacial score (nSPS) is 22.6. The Kier molecular flexibility index (Phi) is 4.25. The number of nitrogens with one attached hydrogen (secondary N) is 1. The van der Waals surface area contributed by atoms with E-state index in [4.69, 9.17) is 9.47 Å². The number of carbonyl (C=O) groups is 2. The second-order valence-electron chi connectivity index (χ2n) is 6.97. The van der Waals surface area contributed by atoms with Crippen molar-refractivity contribution in [3.8, 4) is 5.75 Å². The Morgan fingerprint density at radius 1 is 1.20 bits per heavy atom. The standard InChI is InChI=1S/C18H23N3O4/c22-16(21-7-5-18(6-8-21)13-19-17(23)25-18)12-20-9-10-24-15-4-2-1-3-14(15)11-20/h1-4H,5-13H2,(H,19,23). The molecule has 0 saturated carbocycles. The molecule has 3 aliphatic rings. The molecule has 0 atom stereocenters. The van der Waals surface area contributed by atoms with Gasteiger partial charge in [-0.2, -0.15) is 0 Å². The molecule has 25 heavy (non-hydrogen) atoms. The Hall–Kier alpha value is -2.28. The van der Waals surface area contributed by atoms with Crippen LogP contribution in [-0.4, -0.2) is 66.7 Å². The Bertz CT molecular complexity index is 670. The van der Waals surface area contributed by atoms with Gasteiger partial charge in [0.05, 0.1) is 13.1 Å². The van der Waals surface area contributed by atoms with Gasteiger partial charge in [0.25, 0.3) is 0 Å². The smallest absolute Gasteiger partial charge is 0.407 e. The third-order valence-electron chi connectivity index (χ3n) is 5.28. The van der Waals surface area contributed by atoms with Crippen LogP contribution in [0.15, 0.2) is 24.3 Å². The number of hydrogen-bond donors (Lipinski definition) is 1. The van der Waals surface area contributed by atoms with Crippen molar-refractivity contribution in [2.45, 2.75) is 25.0 Å². The number of rotatable bonds is 2. The van der Waals surface area contributed by atoms with Gasteiger partial charge in [-0.3, -0.25) is 9.69 Å². The number of hydrogen-bond acceptors (Lipinski definition) is 5. The number of likely N-dealkylation sites (tertiary alicyclic amines) is 1. The number of para-hydroxylation sites is 1. The highest BCUT2D eigenvalue weighted by atomic mass is 16.6. The van der Waals surface area contributed by atoms with Crippen molar-refractivity contribution in [3.05, 3.63) is 29.8 Å². The van der Waals surface area contributed by atoms with Gasteiger partial charge in [0, 0.05) is 44.6 Å². The summed E-state index contributed by atoms with van der Waals surface area (Å²) in [5.41, 5.74) is 0.706.